The van der Waals surface area contributed by atoms with E-state index in [0.717, 1.165) is 11.8 Å². The van der Waals surface area contributed by atoms with Crippen molar-refractivity contribution in [3.63, 3.8) is 0 Å². The lowest BCUT2D eigenvalue weighted by Gasteiger charge is -2.39. The van der Waals surface area contributed by atoms with E-state index in [0.29, 0.717) is 21.9 Å². The van der Waals surface area contributed by atoms with Crippen LogP contribution in [0.2, 0.25) is 0 Å². The van der Waals surface area contributed by atoms with Gasteiger partial charge in [0, 0.05) is 55.5 Å². The molecule has 1 aliphatic heterocycles. The number of hydrogen-bond donors (Lipinski definition) is 6. The zero-order chi connectivity index (χ0) is 39.1. The fourth-order valence-corrected chi connectivity index (χ4v) is 9.08. The predicted molar refractivity (Wildman–Crippen MR) is 198 cm³/mol. The number of ketones is 1. The Morgan fingerprint density at radius 2 is 1.46 bits per heavy atom. The second kappa shape index (κ2) is 13.9. The van der Waals surface area contributed by atoms with Crippen molar-refractivity contribution in [2.45, 2.75) is 55.9 Å². The molecule has 5 atom stereocenters. The molecule has 0 bridgehead atoms. The number of phenols is 2. The zero-order valence-corrected chi connectivity index (χ0v) is 30.9. The van der Waals surface area contributed by atoms with Crippen LogP contribution in [0.5, 0.6) is 34.5 Å². The van der Waals surface area contributed by atoms with E-state index in [2.05, 4.69) is 0 Å². The van der Waals surface area contributed by atoms with Gasteiger partial charge in [0.15, 0.2) is 40.5 Å². The molecule has 0 saturated carbocycles. The number of benzene rings is 5. The number of methoxy groups -OCH3 is 4. The summed E-state index contributed by atoms with van der Waals surface area (Å²) in [6.07, 6.45) is -7.38. The summed E-state index contributed by atoms with van der Waals surface area (Å²) in [4.78, 5) is 42.1. The first-order valence-corrected chi connectivity index (χ1v) is 17.9. The number of Topliss-reactive ketones (excluding diaryl/α,β-unsaturated/α-hetero) is 1. The summed E-state index contributed by atoms with van der Waals surface area (Å²) in [5, 5.41) is 65.4. The van der Waals surface area contributed by atoms with Gasteiger partial charge in [0.2, 0.25) is 5.43 Å². The number of aromatic hydroxyl groups is 2. The van der Waals surface area contributed by atoms with Crippen molar-refractivity contribution in [1.82, 2.24) is 0 Å². The third-order valence-electron chi connectivity index (χ3n) is 10.3. The molecule has 5 aromatic carbocycles. The topological polar surface area (TPSA) is 228 Å². The number of allylic oxidation sites excluding steroid dienone is 2. The van der Waals surface area contributed by atoms with Crippen LogP contribution in [0.4, 0.5) is 0 Å². The van der Waals surface area contributed by atoms with Crippen molar-refractivity contribution in [1.29, 1.82) is 0 Å². The highest BCUT2D eigenvalue weighted by Gasteiger charge is 2.44. The van der Waals surface area contributed by atoms with Crippen LogP contribution in [0.15, 0.2) is 26.1 Å². The maximum Gasteiger partial charge on any atom is 0.207 e. The third kappa shape index (κ3) is 5.16. The van der Waals surface area contributed by atoms with Gasteiger partial charge in [-0.05, 0) is 25.7 Å². The average molecular weight is 767 g/mol. The highest BCUT2D eigenvalue weighted by Crippen LogP contribution is 2.58. The molecule has 1 saturated heterocycles. The Hall–Kier alpha value is -4.68. The Morgan fingerprint density at radius 1 is 0.815 bits per heavy atom. The van der Waals surface area contributed by atoms with Gasteiger partial charge in [-0.2, -0.15) is 0 Å². The number of hydrogen-bond acceptors (Lipinski definition) is 16. The summed E-state index contributed by atoms with van der Waals surface area (Å²) in [6.45, 7) is 2.29. The first-order valence-electron chi connectivity index (χ1n) is 16.9. The molecule has 16 heteroatoms. The van der Waals surface area contributed by atoms with Gasteiger partial charge in [-0.25, -0.2) is 0 Å². The number of carbonyl (C=O) groups is 1. The maximum atomic E-state index is 14.7. The molecule has 7 rings (SSSR count). The fraction of sp³-hybridized carbons (Fsp3) is 0.395. The molecule has 2 aliphatic rings. The average Bonchev–Trinajstić information content (AvgIpc) is 3.27. The van der Waals surface area contributed by atoms with E-state index in [9.17, 15) is 45.0 Å². The van der Waals surface area contributed by atoms with Crippen molar-refractivity contribution in [3.8, 4) is 34.5 Å². The Balaban J connectivity index is 1.57. The quantitative estimate of drug-likeness (QED) is 0.0490. The second-order valence-corrected chi connectivity index (χ2v) is 14.3. The molecule has 15 nitrogen and oxygen atoms in total. The van der Waals surface area contributed by atoms with Crippen molar-refractivity contribution in [2.75, 3.05) is 47.4 Å². The first kappa shape index (κ1) is 37.6. The van der Waals surface area contributed by atoms with Crippen LogP contribution in [-0.2, 0) is 20.7 Å². The summed E-state index contributed by atoms with van der Waals surface area (Å²) in [5.74, 6) is -1.32. The summed E-state index contributed by atoms with van der Waals surface area (Å²) >= 11 is 0.982. The molecule has 1 aliphatic carbocycles. The largest absolute Gasteiger partial charge is 0.504 e. The van der Waals surface area contributed by atoms with Gasteiger partial charge in [0.1, 0.15) is 35.9 Å². The summed E-state index contributed by atoms with van der Waals surface area (Å²) < 4.78 is 34.4. The van der Waals surface area contributed by atoms with Gasteiger partial charge in [-0.3, -0.25) is 14.4 Å². The molecule has 5 aromatic rings. The maximum absolute atomic E-state index is 14.7. The molecule has 0 unspecified atom stereocenters. The fourth-order valence-electron chi connectivity index (χ4n) is 8.15. The molecule has 0 aromatic heterocycles. The number of thioether (sulfide) groups is 1. The van der Waals surface area contributed by atoms with E-state index >= 15 is 0 Å². The number of phenolic OH excluding ortho intramolecular Hbond substituents is 2. The van der Waals surface area contributed by atoms with Crippen LogP contribution in [0.1, 0.15) is 25.0 Å². The molecule has 1 heterocycles. The Kier molecular flexibility index (Phi) is 9.67. The number of aliphatic hydroxyl groups excluding tert-OH is 4. The van der Waals surface area contributed by atoms with Crippen molar-refractivity contribution < 1.29 is 63.9 Å². The first-order chi connectivity index (χ1) is 25.8. The highest BCUT2D eigenvalue weighted by atomic mass is 32.2. The summed E-state index contributed by atoms with van der Waals surface area (Å²) in [5.41, 5.74) is 0.140. The minimum absolute atomic E-state index is 0.0184. The predicted octanol–water partition coefficient (Wildman–Crippen LogP) is 2.17. The van der Waals surface area contributed by atoms with E-state index in [1.807, 2.05) is 0 Å². The standard InChI is InChI=1S/C38H38O15S/c1-12-9-14-19-22-24-20(29(43)35(50-5)25(22)18(12)13(2)40)15(41)10-16(48-3)21(24)26-23(19)27(30(44)34(14)49-4)31(45)37(36(26)51-6)54-8-7-52-38-33(47)32(46)28(42)17(11-39)53-38/h10,17,28,32-33,38-39,42-44,46-47H,7-9,11H2,1-6H3/t17-,28-,32+,33-,38-/m1/s1. The normalized spacial score (nSPS) is 21.5. The van der Waals surface area contributed by atoms with E-state index in [-0.39, 0.29) is 95.9 Å². The SMILES string of the molecule is COc1c(O)c2c(=O)cc(OC)c3c4c(OC)c(SCCO[C@@H]5O[C@H](CO)[C@@H](O)[C@H](O)[C@H]5O)c(=O)c5c(O)c(OC)c6c(c(c1C(C(C)=O)=C(C)C6)c23)c54. The van der Waals surface area contributed by atoms with E-state index in [1.54, 1.807) is 6.92 Å². The number of fused-ring (bicyclic) bond motifs is 1. The number of aliphatic hydroxyl groups is 4. The van der Waals surface area contributed by atoms with Crippen molar-refractivity contribution >= 4 is 66.2 Å². The van der Waals surface area contributed by atoms with Gasteiger partial charge in [-0.15, -0.1) is 11.8 Å². The minimum Gasteiger partial charge on any atom is -0.504 e. The van der Waals surface area contributed by atoms with E-state index < -0.39 is 59.7 Å². The number of carbonyl (C=O) groups excluding carboxylic acids is 1. The van der Waals surface area contributed by atoms with Crippen molar-refractivity contribution in [2.24, 2.45) is 0 Å². The molecule has 0 amide bonds. The number of rotatable bonds is 11. The molecule has 0 spiro atoms. The monoisotopic (exact) mass is 766 g/mol. The molecule has 286 valence electrons. The zero-order valence-electron chi connectivity index (χ0n) is 30.1. The lowest BCUT2D eigenvalue weighted by atomic mass is 9.82. The van der Waals surface area contributed by atoms with Crippen LogP contribution >= 0.6 is 11.8 Å². The third-order valence-corrected chi connectivity index (χ3v) is 11.4. The molecule has 54 heavy (non-hydrogen) atoms. The van der Waals surface area contributed by atoms with Gasteiger partial charge >= 0.3 is 0 Å². The Morgan fingerprint density at radius 3 is 2.07 bits per heavy atom. The van der Waals surface area contributed by atoms with Gasteiger partial charge in [-0.1, -0.05) is 5.57 Å². The van der Waals surface area contributed by atoms with Crippen LogP contribution in [0.25, 0.3) is 48.7 Å². The molecule has 6 N–H and O–H groups in total. The highest BCUT2D eigenvalue weighted by molar-refractivity contribution is 7.99. The van der Waals surface area contributed by atoms with Gasteiger partial charge < -0.3 is 59.1 Å². The lowest BCUT2D eigenvalue weighted by Crippen LogP contribution is -2.59. The summed E-state index contributed by atoms with van der Waals surface area (Å²) in [7, 11) is 5.36. The van der Waals surface area contributed by atoms with Crippen LogP contribution in [-0.4, -0.2) is 115 Å². The summed E-state index contributed by atoms with van der Waals surface area (Å²) in [6, 6.07) is 1.19. The molecule has 1 fully saturated rings. The van der Waals surface area contributed by atoms with Gasteiger partial charge in [0.05, 0.1) is 57.3 Å². The van der Waals surface area contributed by atoms with Crippen LogP contribution in [0, 0.1) is 0 Å². The minimum atomic E-state index is -1.65. The Labute approximate surface area is 310 Å². The van der Waals surface area contributed by atoms with Crippen LogP contribution < -0.4 is 29.8 Å². The smallest absolute Gasteiger partial charge is 0.207 e. The number of ether oxygens (including phenoxy) is 6. The van der Waals surface area contributed by atoms with Crippen molar-refractivity contribution in [3.05, 3.63) is 43.2 Å². The lowest BCUT2D eigenvalue weighted by molar-refractivity contribution is -0.299. The van der Waals surface area contributed by atoms with Gasteiger partial charge in [0.25, 0.3) is 0 Å². The molecular weight excluding hydrogens is 728 g/mol. The van der Waals surface area contributed by atoms with E-state index in [1.165, 1.54) is 41.4 Å². The second-order valence-electron chi connectivity index (χ2n) is 13.2. The van der Waals surface area contributed by atoms with Crippen LogP contribution in [0.3, 0.4) is 0 Å². The Bertz CT molecular complexity index is 2510. The molecule has 0 radical (unpaired) electrons. The van der Waals surface area contributed by atoms with E-state index in [4.69, 9.17) is 28.4 Å². The molecular formula is C38H38O15S.